The summed E-state index contributed by atoms with van der Waals surface area (Å²) in [6.07, 6.45) is 0.293. The molecule has 0 radical (unpaired) electrons. The van der Waals surface area contributed by atoms with Gasteiger partial charge >= 0.3 is 5.97 Å². The molecule has 0 spiro atoms. The lowest BCUT2D eigenvalue weighted by Gasteiger charge is -2.16. The average molecular weight is 304 g/mol. The second-order valence-electron chi connectivity index (χ2n) is 5.03. The second-order valence-corrected chi connectivity index (χ2v) is 6.48. The number of carboxylic acid groups (broad SMARTS) is 1. The number of carbonyl (C=O) groups is 3. The van der Waals surface area contributed by atoms with Crippen molar-refractivity contribution in [2.24, 2.45) is 5.92 Å². The first-order valence-corrected chi connectivity index (χ1v) is 7.68. The Bertz CT molecular complexity index is 347. The van der Waals surface area contributed by atoms with E-state index in [0.717, 1.165) is 0 Å². The lowest BCUT2D eigenvalue weighted by molar-refractivity contribution is -0.141. The molecule has 0 aromatic rings. The van der Waals surface area contributed by atoms with Crippen LogP contribution in [0.4, 0.5) is 0 Å². The summed E-state index contributed by atoms with van der Waals surface area (Å²) in [6, 6.07) is -0.897. The SMILES string of the molecule is CC(=O)NC(CCSC(C)C(=O)NCC(C)C)C(=O)O. The van der Waals surface area contributed by atoms with Gasteiger partial charge in [0.15, 0.2) is 0 Å². The van der Waals surface area contributed by atoms with Crippen molar-refractivity contribution in [3.8, 4) is 0 Å². The van der Waals surface area contributed by atoms with Crippen molar-refractivity contribution < 1.29 is 19.5 Å². The Balaban J connectivity index is 4.04. The highest BCUT2D eigenvalue weighted by atomic mass is 32.2. The summed E-state index contributed by atoms with van der Waals surface area (Å²) in [5.41, 5.74) is 0. The molecule has 0 fully saturated rings. The molecular weight excluding hydrogens is 280 g/mol. The number of carbonyl (C=O) groups excluding carboxylic acids is 2. The molecule has 0 bridgehead atoms. The Labute approximate surface area is 124 Å². The van der Waals surface area contributed by atoms with Crippen molar-refractivity contribution >= 4 is 29.5 Å². The van der Waals surface area contributed by atoms with E-state index in [0.29, 0.717) is 24.6 Å². The smallest absolute Gasteiger partial charge is 0.326 e. The van der Waals surface area contributed by atoms with Gasteiger partial charge in [0, 0.05) is 13.5 Å². The first-order chi connectivity index (χ1) is 9.23. The molecular formula is C13H24N2O4S. The Morgan fingerprint density at radius 3 is 2.25 bits per heavy atom. The molecule has 0 aliphatic rings. The van der Waals surface area contributed by atoms with Crippen LogP contribution in [0.15, 0.2) is 0 Å². The maximum absolute atomic E-state index is 11.7. The van der Waals surface area contributed by atoms with Crippen LogP contribution in [-0.2, 0) is 14.4 Å². The average Bonchev–Trinajstić information content (AvgIpc) is 2.33. The van der Waals surface area contributed by atoms with E-state index < -0.39 is 12.0 Å². The summed E-state index contributed by atoms with van der Waals surface area (Å²) < 4.78 is 0. The number of aliphatic carboxylic acids is 1. The van der Waals surface area contributed by atoms with E-state index in [9.17, 15) is 14.4 Å². The van der Waals surface area contributed by atoms with Gasteiger partial charge < -0.3 is 15.7 Å². The van der Waals surface area contributed by atoms with Crippen LogP contribution in [0, 0.1) is 5.92 Å². The molecule has 0 aliphatic heterocycles. The van der Waals surface area contributed by atoms with E-state index in [1.807, 2.05) is 13.8 Å². The van der Waals surface area contributed by atoms with Crippen LogP contribution < -0.4 is 10.6 Å². The predicted molar refractivity (Wildman–Crippen MR) is 79.6 cm³/mol. The molecule has 3 N–H and O–H groups in total. The predicted octanol–water partition coefficient (Wildman–Crippen LogP) is 0.860. The highest BCUT2D eigenvalue weighted by molar-refractivity contribution is 8.00. The van der Waals surface area contributed by atoms with Crippen LogP contribution in [0.25, 0.3) is 0 Å². The van der Waals surface area contributed by atoms with Gasteiger partial charge in [-0.25, -0.2) is 4.79 Å². The first kappa shape index (κ1) is 18.8. The molecule has 0 saturated carbocycles. The van der Waals surface area contributed by atoms with Gasteiger partial charge in [-0.15, -0.1) is 11.8 Å². The summed E-state index contributed by atoms with van der Waals surface area (Å²) in [6.45, 7) is 7.74. The van der Waals surface area contributed by atoms with Gasteiger partial charge in [0.1, 0.15) is 6.04 Å². The van der Waals surface area contributed by atoms with E-state index >= 15 is 0 Å². The van der Waals surface area contributed by atoms with Gasteiger partial charge in [-0.2, -0.15) is 0 Å². The number of nitrogens with one attached hydrogen (secondary N) is 2. The van der Waals surface area contributed by atoms with E-state index in [2.05, 4.69) is 10.6 Å². The van der Waals surface area contributed by atoms with Crippen molar-refractivity contribution in [1.29, 1.82) is 0 Å². The molecule has 0 saturated heterocycles. The lowest BCUT2D eigenvalue weighted by atomic mass is 10.2. The number of carboxylic acids is 1. The lowest BCUT2D eigenvalue weighted by Crippen LogP contribution is -2.40. The third-order valence-corrected chi connectivity index (χ3v) is 3.69. The Kier molecular flexibility index (Phi) is 9.03. The van der Waals surface area contributed by atoms with Crippen molar-refractivity contribution in [2.45, 2.75) is 45.4 Å². The molecule has 20 heavy (non-hydrogen) atoms. The van der Waals surface area contributed by atoms with Crippen LogP contribution in [0.2, 0.25) is 0 Å². The number of hydrogen-bond acceptors (Lipinski definition) is 4. The molecule has 116 valence electrons. The third kappa shape index (κ3) is 8.79. The summed E-state index contributed by atoms with van der Waals surface area (Å²) in [4.78, 5) is 33.5. The van der Waals surface area contributed by atoms with E-state index in [1.54, 1.807) is 6.92 Å². The minimum absolute atomic E-state index is 0.0462. The van der Waals surface area contributed by atoms with E-state index in [1.165, 1.54) is 18.7 Å². The monoisotopic (exact) mass is 304 g/mol. The fourth-order valence-electron chi connectivity index (χ4n) is 1.39. The fourth-order valence-corrected chi connectivity index (χ4v) is 2.35. The quantitative estimate of drug-likeness (QED) is 0.587. The Morgan fingerprint density at radius 2 is 1.80 bits per heavy atom. The summed E-state index contributed by atoms with van der Waals surface area (Å²) in [5.74, 6) is -0.585. The van der Waals surface area contributed by atoms with Crippen LogP contribution in [0.3, 0.4) is 0 Å². The summed E-state index contributed by atoms with van der Waals surface area (Å²) in [5, 5.41) is 13.9. The Morgan fingerprint density at radius 1 is 1.20 bits per heavy atom. The van der Waals surface area contributed by atoms with Crippen molar-refractivity contribution in [3.63, 3.8) is 0 Å². The third-order valence-electron chi connectivity index (χ3n) is 2.50. The Hall–Kier alpha value is -1.24. The molecule has 0 aromatic heterocycles. The van der Waals surface area contributed by atoms with Crippen LogP contribution >= 0.6 is 11.8 Å². The van der Waals surface area contributed by atoms with Gasteiger partial charge in [-0.1, -0.05) is 13.8 Å². The van der Waals surface area contributed by atoms with Gasteiger partial charge in [0.25, 0.3) is 0 Å². The fraction of sp³-hybridized carbons (Fsp3) is 0.769. The maximum Gasteiger partial charge on any atom is 0.326 e. The largest absolute Gasteiger partial charge is 0.480 e. The number of hydrogen-bond donors (Lipinski definition) is 3. The molecule has 0 aliphatic carbocycles. The van der Waals surface area contributed by atoms with Gasteiger partial charge in [-0.3, -0.25) is 9.59 Å². The molecule has 7 heteroatoms. The minimum Gasteiger partial charge on any atom is -0.480 e. The highest BCUT2D eigenvalue weighted by Gasteiger charge is 2.19. The zero-order chi connectivity index (χ0) is 15.7. The van der Waals surface area contributed by atoms with Gasteiger partial charge in [0.05, 0.1) is 5.25 Å². The zero-order valence-electron chi connectivity index (χ0n) is 12.4. The first-order valence-electron chi connectivity index (χ1n) is 6.63. The number of rotatable bonds is 9. The maximum atomic E-state index is 11.7. The molecule has 0 rings (SSSR count). The van der Waals surface area contributed by atoms with Gasteiger partial charge in [0.2, 0.25) is 11.8 Å². The molecule has 2 unspecified atom stereocenters. The normalized spacial score (nSPS) is 13.7. The summed E-state index contributed by atoms with van der Waals surface area (Å²) in [7, 11) is 0. The number of amides is 2. The topological polar surface area (TPSA) is 95.5 Å². The van der Waals surface area contributed by atoms with Crippen molar-refractivity contribution in [3.05, 3.63) is 0 Å². The summed E-state index contributed by atoms with van der Waals surface area (Å²) >= 11 is 1.38. The molecule has 0 heterocycles. The molecule has 6 nitrogen and oxygen atoms in total. The standard InChI is InChI=1S/C13H24N2O4S/c1-8(2)7-14-12(17)9(3)20-6-5-11(13(18)19)15-10(4)16/h8-9,11H,5-7H2,1-4H3,(H,14,17)(H,15,16)(H,18,19). The highest BCUT2D eigenvalue weighted by Crippen LogP contribution is 2.13. The van der Waals surface area contributed by atoms with E-state index in [4.69, 9.17) is 5.11 Å². The second kappa shape index (κ2) is 9.63. The molecule has 2 amide bonds. The van der Waals surface area contributed by atoms with Gasteiger partial charge in [-0.05, 0) is 25.0 Å². The molecule has 0 aromatic carbocycles. The van der Waals surface area contributed by atoms with Crippen LogP contribution in [0.5, 0.6) is 0 Å². The van der Waals surface area contributed by atoms with Crippen LogP contribution in [0.1, 0.15) is 34.1 Å². The molecule has 2 atom stereocenters. The van der Waals surface area contributed by atoms with Crippen LogP contribution in [-0.4, -0.2) is 46.5 Å². The van der Waals surface area contributed by atoms with E-state index in [-0.39, 0.29) is 17.1 Å². The minimum atomic E-state index is -1.06. The van der Waals surface area contributed by atoms with Crippen molar-refractivity contribution in [2.75, 3.05) is 12.3 Å². The number of thioether (sulfide) groups is 1. The van der Waals surface area contributed by atoms with Crippen molar-refractivity contribution in [1.82, 2.24) is 10.6 Å². The zero-order valence-corrected chi connectivity index (χ0v) is 13.3.